The summed E-state index contributed by atoms with van der Waals surface area (Å²) in [5.74, 6) is 0.890. The summed E-state index contributed by atoms with van der Waals surface area (Å²) in [4.78, 5) is 12.3. The molecule has 2 nitrogen and oxygen atoms in total. The zero-order chi connectivity index (χ0) is 11.8. The highest BCUT2D eigenvalue weighted by atomic mass is 16.5. The average Bonchev–Trinajstić information content (AvgIpc) is 2.84. The Balaban J connectivity index is 2.25. The van der Waals surface area contributed by atoms with Crippen molar-refractivity contribution in [1.82, 2.24) is 0 Å². The SMILES string of the molecule is CCOC(=O)C(CC)(CC)C12CCCC1C2. The number of esters is 1. The van der Waals surface area contributed by atoms with Crippen LogP contribution in [0.3, 0.4) is 0 Å². The molecule has 2 rings (SSSR count). The minimum absolute atomic E-state index is 0.0735. The van der Waals surface area contributed by atoms with Gasteiger partial charge in [-0.3, -0.25) is 4.79 Å². The van der Waals surface area contributed by atoms with E-state index in [9.17, 15) is 4.79 Å². The molecule has 2 aliphatic carbocycles. The second kappa shape index (κ2) is 4.05. The second-order valence-corrected chi connectivity index (χ2v) is 5.46. The van der Waals surface area contributed by atoms with Gasteiger partial charge in [0.2, 0.25) is 0 Å². The van der Waals surface area contributed by atoms with E-state index >= 15 is 0 Å². The molecule has 2 fully saturated rings. The van der Waals surface area contributed by atoms with Gasteiger partial charge in [0, 0.05) is 0 Å². The summed E-state index contributed by atoms with van der Waals surface area (Å²) in [5, 5.41) is 0. The highest BCUT2D eigenvalue weighted by Gasteiger charge is 2.69. The second-order valence-electron chi connectivity index (χ2n) is 5.46. The van der Waals surface area contributed by atoms with Crippen LogP contribution >= 0.6 is 0 Å². The maximum absolute atomic E-state index is 12.3. The van der Waals surface area contributed by atoms with Crippen LogP contribution in [-0.2, 0) is 9.53 Å². The van der Waals surface area contributed by atoms with Gasteiger partial charge < -0.3 is 4.74 Å². The Bertz CT molecular complexity index is 280. The van der Waals surface area contributed by atoms with Crippen molar-refractivity contribution in [3.63, 3.8) is 0 Å². The Morgan fingerprint density at radius 3 is 2.44 bits per heavy atom. The molecule has 2 heteroatoms. The quantitative estimate of drug-likeness (QED) is 0.668. The van der Waals surface area contributed by atoms with E-state index < -0.39 is 0 Å². The first-order valence-corrected chi connectivity index (χ1v) is 6.84. The summed E-state index contributed by atoms with van der Waals surface area (Å²) in [6.07, 6.45) is 7.05. The Morgan fingerprint density at radius 1 is 1.38 bits per heavy atom. The van der Waals surface area contributed by atoms with Gasteiger partial charge in [-0.1, -0.05) is 20.3 Å². The van der Waals surface area contributed by atoms with E-state index in [1.807, 2.05) is 6.92 Å². The summed E-state index contributed by atoms with van der Waals surface area (Å²) in [6.45, 7) is 6.73. The number of hydrogen-bond donors (Lipinski definition) is 0. The van der Waals surface area contributed by atoms with E-state index in [2.05, 4.69) is 13.8 Å². The molecule has 0 heterocycles. The standard InChI is InChI=1S/C14H24O2/c1-4-13(5-2,12(15)16-6-3)14-9-7-8-11(14)10-14/h11H,4-10H2,1-3H3. The fourth-order valence-corrected chi connectivity index (χ4v) is 4.27. The van der Waals surface area contributed by atoms with Crippen LogP contribution in [-0.4, -0.2) is 12.6 Å². The molecule has 0 amide bonds. The fourth-order valence-electron chi connectivity index (χ4n) is 4.27. The van der Waals surface area contributed by atoms with Gasteiger partial charge in [-0.2, -0.15) is 0 Å². The van der Waals surface area contributed by atoms with Gasteiger partial charge in [-0.25, -0.2) is 0 Å². The normalized spacial score (nSPS) is 32.3. The van der Waals surface area contributed by atoms with Crippen LogP contribution in [0.5, 0.6) is 0 Å². The van der Waals surface area contributed by atoms with Gasteiger partial charge in [-0.15, -0.1) is 0 Å². The molecule has 0 aliphatic heterocycles. The van der Waals surface area contributed by atoms with Crippen molar-refractivity contribution in [3.05, 3.63) is 0 Å². The first kappa shape index (κ1) is 11.9. The van der Waals surface area contributed by atoms with Crippen molar-refractivity contribution < 1.29 is 9.53 Å². The molecule has 0 bridgehead atoms. The minimum Gasteiger partial charge on any atom is -0.466 e. The molecule has 16 heavy (non-hydrogen) atoms. The lowest BCUT2D eigenvalue weighted by molar-refractivity contribution is -0.161. The van der Waals surface area contributed by atoms with Crippen molar-refractivity contribution >= 4 is 5.97 Å². The van der Waals surface area contributed by atoms with Crippen LogP contribution in [0.2, 0.25) is 0 Å². The fraction of sp³-hybridized carbons (Fsp3) is 0.929. The van der Waals surface area contributed by atoms with E-state index in [-0.39, 0.29) is 11.4 Å². The smallest absolute Gasteiger partial charge is 0.312 e. The molecule has 0 N–H and O–H groups in total. The summed E-state index contributed by atoms with van der Waals surface area (Å²) >= 11 is 0. The van der Waals surface area contributed by atoms with Crippen molar-refractivity contribution in [2.45, 2.75) is 59.3 Å². The van der Waals surface area contributed by atoms with Crippen molar-refractivity contribution in [1.29, 1.82) is 0 Å². The zero-order valence-electron chi connectivity index (χ0n) is 10.8. The molecular formula is C14H24O2. The van der Waals surface area contributed by atoms with Gasteiger partial charge in [-0.05, 0) is 50.4 Å². The molecule has 2 atom stereocenters. The van der Waals surface area contributed by atoms with Gasteiger partial charge in [0.05, 0.1) is 12.0 Å². The lowest BCUT2D eigenvalue weighted by atomic mass is 9.67. The third-order valence-corrected chi connectivity index (χ3v) is 5.23. The van der Waals surface area contributed by atoms with Crippen LogP contribution in [0.15, 0.2) is 0 Å². The van der Waals surface area contributed by atoms with Crippen molar-refractivity contribution in [2.75, 3.05) is 6.61 Å². The monoisotopic (exact) mass is 224 g/mol. The Labute approximate surface area is 98.7 Å². The summed E-state index contributed by atoms with van der Waals surface area (Å²) in [7, 11) is 0. The summed E-state index contributed by atoms with van der Waals surface area (Å²) in [6, 6.07) is 0. The van der Waals surface area contributed by atoms with Crippen LogP contribution in [0, 0.1) is 16.7 Å². The molecule has 2 saturated carbocycles. The van der Waals surface area contributed by atoms with E-state index in [0.717, 1.165) is 18.8 Å². The van der Waals surface area contributed by atoms with E-state index in [1.165, 1.54) is 25.7 Å². The Hall–Kier alpha value is -0.530. The predicted molar refractivity (Wildman–Crippen MR) is 64.0 cm³/mol. The first-order chi connectivity index (χ1) is 7.66. The number of carbonyl (C=O) groups is 1. The molecule has 2 aliphatic rings. The zero-order valence-corrected chi connectivity index (χ0v) is 10.8. The molecule has 0 spiro atoms. The highest BCUT2D eigenvalue weighted by molar-refractivity contribution is 5.79. The first-order valence-electron chi connectivity index (χ1n) is 6.84. The largest absolute Gasteiger partial charge is 0.466 e. The van der Waals surface area contributed by atoms with E-state index in [4.69, 9.17) is 4.74 Å². The van der Waals surface area contributed by atoms with Gasteiger partial charge in [0.15, 0.2) is 0 Å². The molecule has 0 saturated heterocycles. The third-order valence-electron chi connectivity index (χ3n) is 5.23. The van der Waals surface area contributed by atoms with Crippen LogP contribution in [0.25, 0.3) is 0 Å². The maximum Gasteiger partial charge on any atom is 0.312 e. The van der Waals surface area contributed by atoms with Crippen LogP contribution in [0.1, 0.15) is 59.3 Å². The molecule has 0 aromatic carbocycles. The molecule has 0 radical (unpaired) electrons. The van der Waals surface area contributed by atoms with E-state index in [1.54, 1.807) is 0 Å². The Morgan fingerprint density at radius 2 is 2.06 bits per heavy atom. The number of rotatable bonds is 5. The molecule has 0 aromatic rings. The maximum atomic E-state index is 12.3. The lowest BCUT2D eigenvalue weighted by Gasteiger charge is -2.37. The number of carbonyl (C=O) groups excluding carboxylic acids is 1. The van der Waals surface area contributed by atoms with Crippen molar-refractivity contribution in [2.24, 2.45) is 16.7 Å². The predicted octanol–water partition coefficient (Wildman–Crippen LogP) is 3.55. The molecule has 0 aromatic heterocycles. The third kappa shape index (κ3) is 1.34. The number of fused-ring (bicyclic) bond motifs is 1. The minimum atomic E-state index is -0.176. The van der Waals surface area contributed by atoms with Gasteiger partial charge in [0.1, 0.15) is 0 Å². The van der Waals surface area contributed by atoms with Crippen LogP contribution in [0.4, 0.5) is 0 Å². The highest BCUT2D eigenvalue weighted by Crippen LogP contribution is 2.73. The van der Waals surface area contributed by atoms with E-state index in [0.29, 0.717) is 12.0 Å². The topological polar surface area (TPSA) is 26.3 Å². The number of ether oxygens (including phenoxy) is 1. The lowest BCUT2D eigenvalue weighted by Crippen LogP contribution is -2.40. The molecular weight excluding hydrogens is 200 g/mol. The number of hydrogen-bond acceptors (Lipinski definition) is 2. The van der Waals surface area contributed by atoms with Crippen LogP contribution < -0.4 is 0 Å². The summed E-state index contributed by atoms with van der Waals surface area (Å²) in [5.41, 5.74) is 0.146. The summed E-state index contributed by atoms with van der Waals surface area (Å²) < 4.78 is 5.35. The molecule has 92 valence electrons. The Kier molecular flexibility index (Phi) is 3.02. The van der Waals surface area contributed by atoms with Crippen molar-refractivity contribution in [3.8, 4) is 0 Å². The molecule has 2 unspecified atom stereocenters. The van der Waals surface area contributed by atoms with Gasteiger partial charge >= 0.3 is 5.97 Å². The average molecular weight is 224 g/mol. The van der Waals surface area contributed by atoms with Gasteiger partial charge in [0.25, 0.3) is 0 Å².